The summed E-state index contributed by atoms with van der Waals surface area (Å²) in [6.45, 7) is 2.14. The highest BCUT2D eigenvalue weighted by Crippen LogP contribution is 2.38. The van der Waals surface area contributed by atoms with Crippen LogP contribution in [0, 0.1) is 0 Å². The molecule has 35 heavy (non-hydrogen) atoms. The van der Waals surface area contributed by atoms with Crippen molar-refractivity contribution in [3.63, 3.8) is 0 Å². The summed E-state index contributed by atoms with van der Waals surface area (Å²) in [7, 11) is 0. The third-order valence-corrected chi connectivity index (χ3v) is 7.03. The van der Waals surface area contributed by atoms with Gasteiger partial charge in [-0.25, -0.2) is 4.98 Å². The van der Waals surface area contributed by atoms with Gasteiger partial charge in [0.25, 0.3) is 0 Å². The monoisotopic (exact) mass is 472 g/mol. The van der Waals surface area contributed by atoms with Crippen LogP contribution in [-0.4, -0.2) is 9.55 Å². The molecule has 0 aliphatic heterocycles. The minimum absolute atomic E-state index is 0.743. The first-order chi connectivity index (χ1) is 17.2. The number of aryl methyl sites for hydroxylation is 1. The van der Waals surface area contributed by atoms with Gasteiger partial charge in [0.15, 0.2) is 0 Å². The van der Waals surface area contributed by atoms with E-state index < -0.39 is 0 Å². The van der Waals surface area contributed by atoms with E-state index >= 15 is 0 Å². The summed E-state index contributed by atoms with van der Waals surface area (Å²) in [5, 5.41) is 5.27. The number of hydrogen-bond acceptors (Lipinski definition) is 2. The number of fused-ring (bicyclic) bond motifs is 5. The second kappa shape index (κ2) is 7.72. The number of rotatable bonds is 3. The molecular weight excluding hydrogens is 452 g/mol. The van der Waals surface area contributed by atoms with E-state index in [1.165, 1.54) is 5.39 Å². The summed E-state index contributed by atoms with van der Waals surface area (Å²) >= 11 is 6.27. The molecule has 0 bridgehead atoms. The first kappa shape index (κ1) is 20.3. The van der Waals surface area contributed by atoms with Crippen molar-refractivity contribution in [1.29, 1.82) is 0 Å². The number of halogens is 1. The van der Waals surface area contributed by atoms with Crippen LogP contribution in [0.4, 0.5) is 0 Å². The van der Waals surface area contributed by atoms with E-state index in [4.69, 9.17) is 21.0 Å². The molecule has 0 radical (unpaired) electrons. The molecule has 0 unspecified atom stereocenters. The second-order valence-electron chi connectivity index (χ2n) is 8.87. The van der Waals surface area contributed by atoms with Crippen LogP contribution >= 0.6 is 11.6 Å². The van der Waals surface area contributed by atoms with Gasteiger partial charge in [0.2, 0.25) is 0 Å². The van der Waals surface area contributed by atoms with Gasteiger partial charge >= 0.3 is 0 Å². The third kappa shape index (κ3) is 3.16. The Labute approximate surface area is 207 Å². The molecule has 168 valence electrons. The number of benzene rings is 5. The summed E-state index contributed by atoms with van der Waals surface area (Å²) in [6.07, 6.45) is 0.850. The van der Waals surface area contributed by atoms with E-state index in [0.29, 0.717) is 0 Å². The molecule has 0 fully saturated rings. The van der Waals surface area contributed by atoms with Crippen LogP contribution in [-0.2, 0) is 6.42 Å². The largest absolute Gasteiger partial charge is 0.456 e. The van der Waals surface area contributed by atoms with Crippen molar-refractivity contribution in [1.82, 2.24) is 9.55 Å². The highest BCUT2D eigenvalue weighted by atomic mass is 35.5. The first-order valence-corrected chi connectivity index (χ1v) is 12.2. The Morgan fingerprint density at radius 3 is 2.60 bits per heavy atom. The van der Waals surface area contributed by atoms with Gasteiger partial charge in [-0.15, -0.1) is 0 Å². The maximum Gasteiger partial charge on any atom is 0.137 e. The van der Waals surface area contributed by atoms with Crippen molar-refractivity contribution < 1.29 is 4.42 Å². The third-order valence-electron chi connectivity index (χ3n) is 6.80. The van der Waals surface area contributed by atoms with Gasteiger partial charge in [0, 0.05) is 28.3 Å². The predicted molar refractivity (Wildman–Crippen MR) is 146 cm³/mol. The molecule has 2 heterocycles. The average molecular weight is 473 g/mol. The lowest BCUT2D eigenvalue weighted by Gasteiger charge is -2.09. The molecule has 0 saturated heterocycles. The molecule has 0 aliphatic rings. The number of imidazole rings is 1. The molecule has 7 rings (SSSR count). The molecule has 0 spiro atoms. The van der Waals surface area contributed by atoms with Crippen molar-refractivity contribution in [2.24, 2.45) is 0 Å². The molecule has 0 N–H and O–H groups in total. The van der Waals surface area contributed by atoms with Crippen molar-refractivity contribution in [3.05, 3.63) is 108 Å². The van der Waals surface area contributed by atoms with Crippen LogP contribution in [0.5, 0.6) is 0 Å². The smallest absolute Gasteiger partial charge is 0.137 e. The van der Waals surface area contributed by atoms with Gasteiger partial charge < -0.3 is 4.42 Å². The fourth-order valence-electron chi connectivity index (χ4n) is 5.18. The van der Waals surface area contributed by atoms with E-state index in [1.807, 2.05) is 24.3 Å². The zero-order valence-electron chi connectivity index (χ0n) is 19.1. The summed E-state index contributed by atoms with van der Waals surface area (Å²) in [6, 6.07) is 33.5. The first-order valence-electron chi connectivity index (χ1n) is 11.8. The van der Waals surface area contributed by atoms with Gasteiger partial charge in [-0.3, -0.25) is 4.57 Å². The standard InChI is InChI=1S/C31H21ClN2O/c1-2-30-33-26-7-3-4-8-27(26)34(30)23-14-15-25-29(18-23)35-28-9-5-6-24(31(25)28)20-11-10-19-12-13-22(32)17-21(19)16-20/h3-18H,2H2,1H3. The summed E-state index contributed by atoms with van der Waals surface area (Å²) in [5.74, 6) is 1.04. The highest BCUT2D eigenvalue weighted by Gasteiger charge is 2.16. The van der Waals surface area contributed by atoms with E-state index in [2.05, 4.69) is 84.3 Å². The summed E-state index contributed by atoms with van der Waals surface area (Å²) in [5.41, 5.74) is 7.22. The topological polar surface area (TPSA) is 31.0 Å². The van der Waals surface area contributed by atoms with Crippen LogP contribution in [0.25, 0.3) is 60.6 Å². The molecular formula is C31H21ClN2O. The zero-order valence-corrected chi connectivity index (χ0v) is 19.9. The van der Waals surface area contributed by atoms with Crippen molar-refractivity contribution in [2.75, 3.05) is 0 Å². The summed E-state index contributed by atoms with van der Waals surface area (Å²) in [4.78, 5) is 4.84. The number of nitrogens with zero attached hydrogens (tertiary/aromatic N) is 2. The van der Waals surface area contributed by atoms with Gasteiger partial charge in [0.1, 0.15) is 17.0 Å². The van der Waals surface area contributed by atoms with Crippen LogP contribution < -0.4 is 0 Å². The zero-order chi connectivity index (χ0) is 23.5. The molecule has 0 aliphatic carbocycles. The van der Waals surface area contributed by atoms with Gasteiger partial charge in [-0.05, 0) is 70.4 Å². The average Bonchev–Trinajstić information content (AvgIpc) is 3.45. The van der Waals surface area contributed by atoms with Gasteiger partial charge in [0.05, 0.1) is 16.7 Å². The molecule has 0 amide bonds. The number of hydrogen-bond donors (Lipinski definition) is 0. The van der Waals surface area contributed by atoms with E-state index in [1.54, 1.807) is 0 Å². The van der Waals surface area contributed by atoms with Crippen molar-refractivity contribution in [3.8, 4) is 16.8 Å². The predicted octanol–water partition coefficient (Wildman–Crippen LogP) is 8.96. The lowest BCUT2D eigenvalue weighted by atomic mass is 9.97. The van der Waals surface area contributed by atoms with Crippen LogP contribution in [0.1, 0.15) is 12.7 Å². The van der Waals surface area contributed by atoms with E-state index in [-0.39, 0.29) is 0 Å². The van der Waals surface area contributed by atoms with E-state index in [0.717, 1.165) is 72.4 Å². The van der Waals surface area contributed by atoms with Crippen LogP contribution in [0.15, 0.2) is 101 Å². The quantitative estimate of drug-likeness (QED) is 0.257. The molecule has 3 nitrogen and oxygen atoms in total. The molecule has 7 aromatic rings. The molecule has 0 atom stereocenters. The van der Waals surface area contributed by atoms with Crippen LogP contribution in [0.3, 0.4) is 0 Å². The molecule has 2 aromatic heterocycles. The molecule has 5 aromatic carbocycles. The number of para-hydroxylation sites is 2. The Bertz CT molecular complexity index is 1910. The second-order valence-corrected chi connectivity index (χ2v) is 9.31. The Hall–Kier alpha value is -4.08. The minimum Gasteiger partial charge on any atom is -0.456 e. The van der Waals surface area contributed by atoms with E-state index in [9.17, 15) is 0 Å². The molecule has 0 saturated carbocycles. The Balaban J connectivity index is 1.45. The van der Waals surface area contributed by atoms with Gasteiger partial charge in [-0.1, -0.05) is 61.0 Å². The fraction of sp³-hybridized carbons (Fsp3) is 0.0645. The van der Waals surface area contributed by atoms with Crippen molar-refractivity contribution >= 4 is 55.3 Å². The fourth-order valence-corrected chi connectivity index (χ4v) is 5.36. The normalized spacial score (nSPS) is 11.8. The Morgan fingerprint density at radius 2 is 1.69 bits per heavy atom. The lowest BCUT2D eigenvalue weighted by molar-refractivity contribution is 0.668. The SMILES string of the molecule is CCc1nc2ccccc2n1-c1ccc2c(c1)oc1cccc(-c3ccc4ccc(Cl)cc4c3)c12. The lowest BCUT2D eigenvalue weighted by Crippen LogP contribution is -1.99. The Morgan fingerprint density at radius 1 is 0.800 bits per heavy atom. The number of furan rings is 1. The summed E-state index contributed by atoms with van der Waals surface area (Å²) < 4.78 is 8.62. The van der Waals surface area contributed by atoms with Crippen LogP contribution in [0.2, 0.25) is 5.02 Å². The minimum atomic E-state index is 0.743. The maximum absolute atomic E-state index is 6.39. The van der Waals surface area contributed by atoms with Gasteiger partial charge in [-0.2, -0.15) is 0 Å². The van der Waals surface area contributed by atoms with Crippen molar-refractivity contribution in [2.45, 2.75) is 13.3 Å². The maximum atomic E-state index is 6.39. The highest BCUT2D eigenvalue weighted by molar-refractivity contribution is 6.31. The Kier molecular flexibility index (Phi) is 4.48. The number of aromatic nitrogens is 2. The molecule has 4 heteroatoms.